The minimum Gasteiger partial charge on any atom is -0.508 e. The number of rotatable bonds is 36. The number of thiol groups is 2. The number of carboxylic acids is 3. The van der Waals surface area contributed by atoms with Crippen LogP contribution in [0.4, 0.5) is 0 Å². The second-order valence-electron chi connectivity index (χ2n) is 20.1. The first-order chi connectivity index (χ1) is 41.1. The minimum atomic E-state index is -2.06. The van der Waals surface area contributed by atoms with Crippen molar-refractivity contribution < 1.29 is 98.1 Å². The number of aromatic hydroxyl groups is 2. The molecule has 3 aromatic rings. The number of phenols is 2. The van der Waals surface area contributed by atoms with Crippen molar-refractivity contribution in [1.29, 1.82) is 0 Å². The van der Waals surface area contributed by atoms with E-state index in [9.17, 15) is 98.1 Å². The Morgan fingerprint density at radius 3 is 1.02 bits per heavy atom. The number of phenolic OH excluding ortho intramolecular Hbond substituents is 2. The fraction of sp³-hybridized carbons (Fsp3) is 0.436. The average molecular weight is 1260 g/mol. The van der Waals surface area contributed by atoms with Gasteiger partial charge in [-0.05, 0) is 53.3 Å². The highest BCUT2D eigenvalue weighted by Gasteiger charge is 2.37. The molecule has 0 radical (unpaired) electrons. The standard InChI is InChI=1S/C55H72N10O20S2/c1-27(2)17-34(46(75)61-39(55(84)85)22-45(73)74)57-48(77)36(19-30-9-13-32(69)14-10-30)59-53(82)42(25-86)65-52(81)41(24-67)62-49(78)37(20-31-11-15-33(70)16-12-31)58-50(79)38(21-44(71)72)60-51(80)40(23-66)63-54(83)43(26-87)64-47(76)35(56-28(3)68)18-29-7-5-4-6-8-29/h4-16,27,34-43,66-67,69-70,86-87H,17-26H2,1-3H3,(H,56,68)(H,57,77)(H,58,79)(H,59,82)(H,60,80)(H,61,75)(H,62,78)(H,63,83)(H,64,76)(H,65,81)(H,71,72)(H,73,74)(H,84,85)/t34-,35-,36-,37-,38-,39-,40-,41-,42-,43-/m0/s1. The Morgan fingerprint density at radius 2 is 0.667 bits per heavy atom. The molecule has 0 unspecified atom stereocenters. The van der Waals surface area contributed by atoms with E-state index in [4.69, 9.17) is 0 Å². The van der Waals surface area contributed by atoms with Crippen LogP contribution >= 0.6 is 25.3 Å². The molecular weight excluding hydrogens is 1180 g/mol. The molecule has 0 aliphatic rings. The van der Waals surface area contributed by atoms with Gasteiger partial charge in [0, 0.05) is 37.7 Å². The van der Waals surface area contributed by atoms with Crippen LogP contribution in [-0.4, -0.2) is 198 Å². The Kier molecular flexibility index (Phi) is 30.0. The second-order valence-corrected chi connectivity index (χ2v) is 20.9. The first-order valence-electron chi connectivity index (χ1n) is 26.8. The van der Waals surface area contributed by atoms with Gasteiger partial charge in [-0.3, -0.25) is 57.5 Å². The third kappa shape index (κ3) is 25.2. The number of carbonyl (C=O) groups excluding carboxylic acids is 10. The van der Waals surface area contributed by atoms with Crippen molar-refractivity contribution >= 4 is 102 Å². The van der Waals surface area contributed by atoms with Gasteiger partial charge in [0.1, 0.15) is 71.9 Å². The van der Waals surface area contributed by atoms with Crippen molar-refractivity contribution in [3.63, 3.8) is 0 Å². The van der Waals surface area contributed by atoms with Crippen molar-refractivity contribution in [3.05, 3.63) is 95.6 Å². The van der Waals surface area contributed by atoms with Gasteiger partial charge in [0.25, 0.3) is 0 Å². The highest BCUT2D eigenvalue weighted by atomic mass is 32.1. The van der Waals surface area contributed by atoms with E-state index in [-0.39, 0.29) is 48.0 Å². The van der Waals surface area contributed by atoms with Crippen LogP contribution in [-0.2, 0) is 81.6 Å². The zero-order valence-electron chi connectivity index (χ0n) is 47.3. The predicted molar refractivity (Wildman–Crippen MR) is 312 cm³/mol. The van der Waals surface area contributed by atoms with Crippen LogP contribution in [0.2, 0.25) is 0 Å². The number of carbonyl (C=O) groups is 13. The van der Waals surface area contributed by atoms with Crippen molar-refractivity contribution in [2.24, 2.45) is 5.92 Å². The van der Waals surface area contributed by atoms with E-state index >= 15 is 0 Å². The summed E-state index contributed by atoms with van der Waals surface area (Å²) < 4.78 is 0. The van der Waals surface area contributed by atoms with Gasteiger partial charge in [-0.25, -0.2) is 4.79 Å². The number of amides is 10. The van der Waals surface area contributed by atoms with Crippen LogP contribution in [0.3, 0.4) is 0 Å². The van der Waals surface area contributed by atoms with E-state index < -0.39 is 176 Å². The summed E-state index contributed by atoms with van der Waals surface area (Å²) in [6, 6.07) is 1.99. The summed E-state index contributed by atoms with van der Waals surface area (Å²) in [5.74, 6) is -17.3. The predicted octanol–water partition coefficient (Wildman–Crippen LogP) is -4.08. The van der Waals surface area contributed by atoms with E-state index in [1.54, 1.807) is 44.2 Å². The molecule has 87 heavy (non-hydrogen) atoms. The smallest absolute Gasteiger partial charge is 0.326 e. The van der Waals surface area contributed by atoms with Crippen LogP contribution in [0.25, 0.3) is 0 Å². The van der Waals surface area contributed by atoms with Gasteiger partial charge in [0.15, 0.2) is 0 Å². The lowest BCUT2D eigenvalue weighted by Crippen LogP contribution is -2.62. The van der Waals surface area contributed by atoms with Gasteiger partial charge in [-0.2, -0.15) is 25.3 Å². The van der Waals surface area contributed by atoms with Gasteiger partial charge < -0.3 is 88.9 Å². The molecule has 30 nitrogen and oxygen atoms in total. The van der Waals surface area contributed by atoms with Crippen molar-refractivity contribution in [1.82, 2.24) is 53.2 Å². The third-order valence-electron chi connectivity index (χ3n) is 12.6. The third-order valence-corrected chi connectivity index (χ3v) is 13.3. The summed E-state index contributed by atoms with van der Waals surface area (Å²) in [4.78, 5) is 171. The minimum absolute atomic E-state index is 0.0144. The molecule has 3 aromatic carbocycles. The molecule has 0 aliphatic carbocycles. The lowest BCUT2D eigenvalue weighted by Gasteiger charge is -2.27. The molecule has 0 fully saturated rings. The number of benzene rings is 3. The molecule has 0 saturated carbocycles. The number of hydrogen-bond donors (Lipinski definition) is 19. The highest BCUT2D eigenvalue weighted by molar-refractivity contribution is 7.80. The van der Waals surface area contributed by atoms with E-state index in [0.29, 0.717) is 11.1 Å². The van der Waals surface area contributed by atoms with E-state index in [1.807, 2.05) is 0 Å². The lowest BCUT2D eigenvalue weighted by atomic mass is 10.0. The van der Waals surface area contributed by atoms with E-state index in [1.165, 1.54) is 55.5 Å². The number of nitrogens with one attached hydrogen (secondary N) is 10. The molecule has 17 N–H and O–H groups in total. The van der Waals surface area contributed by atoms with Crippen LogP contribution < -0.4 is 53.2 Å². The van der Waals surface area contributed by atoms with Crippen LogP contribution in [0, 0.1) is 5.92 Å². The SMILES string of the molecule is CC(=O)N[C@@H](Cc1ccccc1)C(=O)N[C@@H](CS)C(=O)N[C@@H](CO)C(=O)N[C@@H](CC(=O)O)C(=O)N[C@@H](Cc1ccc(O)cc1)C(=O)N[C@@H](CO)C(=O)N[C@@H](CS)C(=O)N[C@@H](Cc1ccc(O)cc1)C(=O)N[C@@H](CC(C)C)C(=O)N[C@@H](CC(=O)O)C(=O)O. The molecule has 10 atom stereocenters. The molecule has 0 aromatic heterocycles. The Balaban J connectivity index is 1.85. The van der Waals surface area contributed by atoms with E-state index in [0.717, 1.165) is 0 Å². The maximum absolute atomic E-state index is 14.1. The van der Waals surface area contributed by atoms with Crippen molar-refractivity contribution in [2.45, 2.75) is 120 Å². The zero-order chi connectivity index (χ0) is 65.1. The Hall–Kier alpha value is -9.01. The molecular formula is C55H72N10O20S2. The maximum Gasteiger partial charge on any atom is 0.326 e. The molecule has 0 saturated heterocycles. The fourth-order valence-electron chi connectivity index (χ4n) is 8.15. The fourth-order valence-corrected chi connectivity index (χ4v) is 8.66. The van der Waals surface area contributed by atoms with E-state index in [2.05, 4.69) is 78.4 Å². The maximum atomic E-state index is 14.1. The van der Waals surface area contributed by atoms with Crippen molar-refractivity contribution in [2.75, 3.05) is 24.7 Å². The summed E-state index contributed by atoms with van der Waals surface area (Å²) in [7, 11) is 0. The quantitative estimate of drug-likeness (QED) is 0.0246. The normalized spacial score (nSPS) is 14.4. The molecule has 0 spiro atoms. The summed E-state index contributed by atoms with van der Waals surface area (Å²) in [5, 5.41) is 91.9. The van der Waals surface area contributed by atoms with Crippen LogP contribution in [0.15, 0.2) is 78.9 Å². The summed E-state index contributed by atoms with van der Waals surface area (Å²) >= 11 is 8.28. The average Bonchev–Trinajstić information content (AvgIpc) is 3.21. The summed E-state index contributed by atoms with van der Waals surface area (Å²) in [5.41, 5.74) is 1.25. The Labute approximate surface area is 509 Å². The molecule has 32 heteroatoms. The number of aliphatic carboxylic acids is 3. The number of aliphatic hydroxyl groups is 2. The molecule has 0 heterocycles. The zero-order valence-corrected chi connectivity index (χ0v) is 49.0. The molecule has 0 bridgehead atoms. The highest BCUT2D eigenvalue weighted by Crippen LogP contribution is 2.15. The van der Waals surface area contributed by atoms with Gasteiger partial charge in [0.05, 0.1) is 26.1 Å². The molecule has 3 rings (SSSR count). The monoisotopic (exact) mass is 1260 g/mol. The largest absolute Gasteiger partial charge is 0.508 e. The first kappa shape index (κ1) is 72.2. The Morgan fingerprint density at radius 1 is 0.379 bits per heavy atom. The molecule has 474 valence electrons. The molecule has 0 aliphatic heterocycles. The molecule has 10 amide bonds. The number of hydrogen-bond acceptors (Lipinski definition) is 19. The van der Waals surface area contributed by atoms with Gasteiger partial charge in [-0.1, -0.05) is 68.4 Å². The summed E-state index contributed by atoms with van der Waals surface area (Å²) in [6.07, 6.45) is -3.05. The number of carboxylic acid groups (broad SMARTS) is 3. The topological polar surface area (TPSA) is 484 Å². The van der Waals surface area contributed by atoms with Crippen LogP contribution in [0.5, 0.6) is 11.5 Å². The lowest BCUT2D eigenvalue weighted by molar-refractivity contribution is -0.147. The Bertz CT molecular complexity index is 2910. The summed E-state index contributed by atoms with van der Waals surface area (Å²) in [6.45, 7) is 2.18. The number of aliphatic hydroxyl groups excluding tert-OH is 2. The first-order valence-corrected chi connectivity index (χ1v) is 28.0. The second kappa shape index (κ2) is 36.1. The van der Waals surface area contributed by atoms with Gasteiger partial charge in [-0.15, -0.1) is 0 Å². The van der Waals surface area contributed by atoms with Gasteiger partial charge in [0.2, 0.25) is 59.1 Å². The van der Waals surface area contributed by atoms with Gasteiger partial charge >= 0.3 is 17.9 Å². The van der Waals surface area contributed by atoms with Crippen molar-refractivity contribution in [3.8, 4) is 11.5 Å². The van der Waals surface area contributed by atoms with Crippen LogP contribution in [0.1, 0.15) is 56.7 Å².